The van der Waals surface area contributed by atoms with E-state index in [1.165, 1.54) is 0 Å². The average Bonchev–Trinajstić information content (AvgIpc) is 2.66. The predicted molar refractivity (Wildman–Crippen MR) is 68.9 cm³/mol. The maximum atomic E-state index is 11.9. The molecule has 0 saturated carbocycles. The lowest BCUT2D eigenvalue weighted by atomic mass is 10.3. The molecular weight excluding hydrogens is 236 g/mol. The van der Waals surface area contributed by atoms with Crippen LogP contribution in [0.5, 0.6) is 0 Å². The van der Waals surface area contributed by atoms with Crippen LogP contribution in [-0.4, -0.2) is 9.55 Å². The summed E-state index contributed by atoms with van der Waals surface area (Å²) in [5.74, 6) is 0. The molecular formula is C13H9ClN2O. The Labute approximate surface area is 102 Å². The molecule has 3 nitrogen and oxygen atoms in total. The van der Waals surface area contributed by atoms with Gasteiger partial charge in [0.15, 0.2) is 0 Å². The number of fused-ring (bicyclic) bond motifs is 1. The minimum atomic E-state index is -0.181. The van der Waals surface area contributed by atoms with E-state index >= 15 is 0 Å². The first-order valence-corrected chi connectivity index (χ1v) is 5.60. The number of aromatic amines is 1. The van der Waals surface area contributed by atoms with Gasteiger partial charge in [-0.25, -0.2) is 4.79 Å². The van der Waals surface area contributed by atoms with E-state index in [4.69, 9.17) is 11.6 Å². The van der Waals surface area contributed by atoms with Gasteiger partial charge in [0.1, 0.15) is 0 Å². The summed E-state index contributed by atoms with van der Waals surface area (Å²) in [5, 5.41) is 0.555. The molecule has 1 aromatic heterocycles. The van der Waals surface area contributed by atoms with E-state index in [2.05, 4.69) is 4.98 Å². The van der Waals surface area contributed by atoms with Crippen molar-refractivity contribution < 1.29 is 0 Å². The molecule has 1 N–H and O–H groups in total. The Morgan fingerprint density at radius 2 is 1.71 bits per heavy atom. The van der Waals surface area contributed by atoms with Crippen LogP contribution >= 0.6 is 11.6 Å². The van der Waals surface area contributed by atoms with Gasteiger partial charge in [0.25, 0.3) is 0 Å². The summed E-state index contributed by atoms with van der Waals surface area (Å²) in [6.45, 7) is 0. The first-order valence-electron chi connectivity index (χ1n) is 5.22. The standard InChI is InChI=1S/C13H9ClN2O/c14-9-5-1-3-7-11(9)16-12-8-4-2-6-10(12)15-13(16)17/h1-8H,(H,15,17). The third-order valence-corrected chi connectivity index (χ3v) is 3.00. The summed E-state index contributed by atoms with van der Waals surface area (Å²) in [4.78, 5) is 14.7. The van der Waals surface area contributed by atoms with Crippen molar-refractivity contribution in [2.24, 2.45) is 0 Å². The van der Waals surface area contributed by atoms with Gasteiger partial charge in [-0.05, 0) is 24.3 Å². The molecule has 84 valence electrons. The van der Waals surface area contributed by atoms with E-state index in [0.29, 0.717) is 10.7 Å². The van der Waals surface area contributed by atoms with Gasteiger partial charge in [0.05, 0.1) is 21.7 Å². The Hall–Kier alpha value is -2.00. The second-order valence-electron chi connectivity index (χ2n) is 3.73. The SMILES string of the molecule is O=c1[nH]c2ccccc2n1-c1ccccc1Cl. The molecule has 0 bridgehead atoms. The van der Waals surface area contributed by atoms with Gasteiger partial charge in [-0.3, -0.25) is 4.57 Å². The number of aromatic nitrogens is 2. The van der Waals surface area contributed by atoms with Crippen LogP contribution < -0.4 is 5.69 Å². The van der Waals surface area contributed by atoms with Crippen molar-refractivity contribution in [3.05, 3.63) is 64.0 Å². The summed E-state index contributed by atoms with van der Waals surface area (Å²) < 4.78 is 1.58. The first-order chi connectivity index (χ1) is 8.27. The zero-order chi connectivity index (χ0) is 11.8. The van der Waals surface area contributed by atoms with E-state index < -0.39 is 0 Å². The van der Waals surface area contributed by atoms with E-state index in [1.54, 1.807) is 10.6 Å². The highest BCUT2D eigenvalue weighted by Gasteiger charge is 2.09. The highest BCUT2D eigenvalue weighted by Crippen LogP contribution is 2.21. The second kappa shape index (κ2) is 3.79. The molecule has 0 amide bonds. The van der Waals surface area contributed by atoms with Crippen LogP contribution in [0.4, 0.5) is 0 Å². The summed E-state index contributed by atoms with van der Waals surface area (Å²) in [6, 6.07) is 14.8. The highest BCUT2D eigenvalue weighted by molar-refractivity contribution is 6.32. The summed E-state index contributed by atoms with van der Waals surface area (Å²) >= 11 is 6.11. The van der Waals surface area contributed by atoms with E-state index in [0.717, 1.165) is 11.0 Å². The lowest BCUT2D eigenvalue weighted by Gasteiger charge is -2.04. The number of benzene rings is 2. The monoisotopic (exact) mass is 244 g/mol. The van der Waals surface area contributed by atoms with Gasteiger partial charge in [-0.2, -0.15) is 0 Å². The van der Waals surface area contributed by atoms with Crippen molar-refractivity contribution in [1.82, 2.24) is 9.55 Å². The van der Waals surface area contributed by atoms with Gasteiger partial charge in [-0.1, -0.05) is 35.9 Å². The number of hydrogen-bond donors (Lipinski definition) is 1. The molecule has 0 aliphatic rings. The van der Waals surface area contributed by atoms with Crippen molar-refractivity contribution in [2.45, 2.75) is 0 Å². The van der Waals surface area contributed by atoms with E-state index in [9.17, 15) is 4.79 Å². The van der Waals surface area contributed by atoms with Crippen LogP contribution in [-0.2, 0) is 0 Å². The zero-order valence-corrected chi connectivity index (χ0v) is 9.61. The van der Waals surface area contributed by atoms with Crippen LogP contribution in [0.3, 0.4) is 0 Å². The molecule has 0 aliphatic heterocycles. The highest BCUT2D eigenvalue weighted by atomic mass is 35.5. The zero-order valence-electron chi connectivity index (χ0n) is 8.85. The lowest BCUT2D eigenvalue weighted by molar-refractivity contribution is 1.02. The molecule has 0 unspecified atom stereocenters. The van der Waals surface area contributed by atoms with Gasteiger partial charge in [-0.15, -0.1) is 0 Å². The van der Waals surface area contributed by atoms with Gasteiger partial charge >= 0.3 is 5.69 Å². The smallest absolute Gasteiger partial charge is 0.305 e. The largest absolute Gasteiger partial charge is 0.331 e. The molecule has 0 atom stereocenters. The minimum Gasteiger partial charge on any atom is -0.305 e. The Kier molecular flexibility index (Phi) is 2.27. The van der Waals surface area contributed by atoms with E-state index in [-0.39, 0.29) is 5.69 Å². The Morgan fingerprint density at radius 3 is 2.53 bits per heavy atom. The molecule has 0 aliphatic carbocycles. The third kappa shape index (κ3) is 1.56. The Balaban J connectivity index is 2.42. The summed E-state index contributed by atoms with van der Waals surface area (Å²) in [6.07, 6.45) is 0. The topological polar surface area (TPSA) is 37.8 Å². The van der Waals surface area contributed by atoms with Crippen LogP contribution in [0.1, 0.15) is 0 Å². The van der Waals surface area contributed by atoms with Crippen LogP contribution in [0.2, 0.25) is 5.02 Å². The average molecular weight is 245 g/mol. The number of nitrogens with zero attached hydrogens (tertiary/aromatic N) is 1. The fourth-order valence-corrected chi connectivity index (χ4v) is 2.15. The lowest BCUT2D eigenvalue weighted by Crippen LogP contribution is -2.14. The molecule has 3 aromatic rings. The van der Waals surface area contributed by atoms with Gasteiger partial charge in [0.2, 0.25) is 0 Å². The predicted octanol–water partition coefficient (Wildman–Crippen LogP) is 2.97. The van der Waals surface area contributed by atoms with Crippen molar-refractivity contribution >= 4 is 22.6 Å². The molecule has 17 heavy (non-hydrogen) atoms. The quantitative estimate of drug-likeness (QED) is 0.702. The van der Waals surface area contributed by atoms with Crippen molar-refractivity contribution in [3.63, 3.8) is 0 Å². The van der Waals surface area contributed by atoms with Gasteiger partial charge < -0.3 is 4.98 Å². The number of hydrogen-bond acceptors (Lipinski definition) is 1. The van der Waals surface area contributed by atoms with Crippen molar-refractivity contribution in [3.8, 4) is 5.69 Å². The molecule has 1 heterocycles. The summed E-state index contributed by atoms with van der Waals surface area (Å²) in [7, 11) is 0. The molecule has 3 rings (SSSR count). The Morgan fingerprint density at radius 1 is 1.00 bits per heavy atom. The number of rotatable bonds is 1. The maximum Gasteiger partial charge on any atom is 0.331 e. The number of imidazole rings is 1. The van der Waals surface area contributed by atoms with Gasteiger partial charge in [0, 0.05) is 0 Å². The fraction of sp³-hybridized carbons (Fsp3) is 0. The normalized spacial score (nSPS) is 10.9. The number of nitrogens with one attached hydrogen (secondary N) is 1. The Bertz CT molecular complexity index is 742. The first kappa shape index (κ1) is 10.2. The molecule has 0 saturated heterocycles. The van der Waals surface area contributed by atoms with Crippen LogP contribution in [0.15, 0.2) is 53.3 Å². The van der Waals surface area contributed by atoms with Crippen LogP contribution in [0, 0.1) is 0 Å². The minimum absolute atomic E-state index is 0.181. The van der Waals surface area contributed by atoms with Crippen molar-refractivity contribution in [2.75, 3.05) is 0 Å². The number of halogens is 1. The molecule has 0 radical (unpaired) electrons. The third-order valence-electron chi connectivity index (χ3n) is 2.68. The second-order valence-corrected chi connectivity index (χ2v) is 4.14. The number of H-pyrrole nitrogens is 1. The maximum absolute atomic E-state index is 11.9. The fourth-order valence-electron chi connectivity index (χ4n) is 1.93. The van der Waals surface area contributed by atoms with E-state index in [1.807, 2.05) is 42.5 Å². The molecule has 4 heteroatoms. The number of para-hydroxylation sites is 3. The van der Waals surface area contributed by atoms with Crippen LogP contribution in [0.25, 0.3) is 16.7 Å². The molecule has 2 aromatic carbocycles. The molecule has 0 spiro atoms. The van der Waals surface area contributed by atoms with Crippen molar-refractivity contribution in [1.29, 1.82) is 0 Å². The molecule has 0 fully saturated rings. The summed E-state index contributed by atoms with van der Waals surface area (Å²) in [5.41, 5.74) is 2.14.